The zero-order valence-electron chi connectivity index (χ0n) is 9.31. The van der Waals surface area contributed by atoms with E-state index in [1.165, 1.54) is 11.3 Å². The van der Waals surface area contributed by atoms with Crippen molar-refractivity contribution in [1.82, 2.24) is 15.1 Å². The zero-order valence-corrected chi connectivity index (χ0v) is 9.31. The first kappa shape index (κ1) is 10.8. The van der Waals surface area contributed by atoms with Gasteiger partial charge in [0.2, 0.25) is 0 Å². The predicted octanol–water partition coefficient (Wildman–Crippen LogP) is 1.24. The van der Waals surface area contributed by atoms with Gasteiger partial charge in [-0.15, -0.1) is 5.92 Å². The third-order valence-corrected chi connectivity index (χ3v) is 2.29. The highest BCUT2D eigenvalue weighted by Gasteiger charge is 2.08. The molecule has 0 aliphatic rings. The van der Waals surface area contributed by atoms with Crippen molar-refractivity contribution >= 4 is 0 Å². The highest BCUT2D eigenvalue weighted by molar-refractivity contribution is 5.24. The maximum atomic E-state index is 4.44. The predicted molar refractivity (Wildman–Crippen MR) is 57.9 cm³/mol. The number of hydrogen-bond donors (Lipinski definition) is 1. The van der Waals surface area contributed by atoms with Crippen molar-refractivity contribution in [2.75, 3.05) is 7.05 Å². The molecule has 0 saturated heterocycles. The van der Waals surface area contributed by atoms with E-state index < -0.39 is 0 Å². The van der Waals surface area contributed by atoms with Crippen LogP contribution >= 0.6 is 0 Å². The molecule has 1 aromatic rings. The van der Waals surface area contributed by atoms with E-state index in [0.717, 1.165) is 12.2 Å². The van der Waals surface area contributed by atoms with Gasteiger partial charge in [0.15, 0.2) is 0 Å². The molecule has 0 amide bonds. The molecule has 0 unspecified atom stereocenters. The summed E-state index contributed by atoms with van der Waals surface area (Å²) in [5.41, 5.74) is 3.58. The summed E-state index contributed by atoms with van der Waals surface area (Å²) in [6.45, 7) is 7.53. The fourth-order valence-corrected chi connectivity index (χ4v) is 1.47. The van der Waals surface area contributed by atoms with Crippen molar-refractivity contribution in [3.05, 3.63) is 17.0 Å². The molecule has 0 aliphatic heterocycles. The summed E-state index contributed by atoms with van der Waals surface area (Å²) in [7, 11) is 1.95. The number of hydrogen-bond acceptors (Lipinski definition) is 2. The molecule has 0 radical (unpaired) electrons. The van der Waals surface area contributed by atoms with E-state index in [1.807, 2.05) is 25.6 Å². The summed E-state index contributed by atoms with van der Waals surface area (Å²) >= 11 is 0. The first-order valence-electron chi connectivity index (χ1n) is 4.77. The molecule has 1 N–H and O–H groups in total. The van der Waals surface area contributed by atoms with E-state index >= 15 is 0 Å². The molecule has 3 nitrogen and oxygen atoms in total. The zero-order chi connectivity index (χ0) is 10.6. The second kappa shape index (κ2) is 4.83. The van der Waals surface area contributed by atoms with E-state index in [2.05, 4.69) is 29.2 Å². The van der Waals surface area contributed by atoms with Crippen LogP contribution in [-0.4, -0.2) is 16.8 Å². The lowest BCUT2D eigenvalue weighted by Crippen LogP contribution is -2.07. The van der Waals surface area contributed by atoms with Crippen LogP contribution < -0.4 is 5.32 Å². The minimum Gasteiger partial charge on any atom is -0.316 e. The quantitative estimate of drug-likeness (QED) is 0.729. The molecule has 0 aliphatic carbocycles. The molecule has 1 aromatic heterocycles. The third-order valence-electron chi connectivity index (χ3n) is 2.29. The monoisotopic (exact) mass is 191 g/mol. The molecule has 76 valence electrons. The average molecular weight is 191 g/mol. The third kappa shape index (κ3) is 2.15. The Kier molecular flexibility index (Phi) is 3.73. The van der Waals surface area contributed by atoms with E-state index in [1.54, 1.807) is 0 Å². The van der Waals surface area contributed by atoms with Crippen LogP contribution in [0.2, 0.25) is 0 Å². The molecule has 14 heavy (non-hydrogen) atoms. The Balaban J connectivity index is 2.95. The van der Waals surface area contributed by atoms with Gasteiger partial charge in [-0.05, 0) is 27.8 Å². The molecule has 0 spiro atoms. The fourth-order valence-electron chi connectivity index (χ4n) is 1.47. The number of rotatable bonds is 3. The SMILES string of the molecule is CC#CCn1nc(C)c(CNC)c1C. The van der Waals surface area contributed by atoms with E-state index in [9.17, 15) is 0 Å². The van der Waals surface area contributed by atoms with Crippen LogP contribution in [-0.2, 0) is 13.1 Å². The Morgan fingerprint density at radius 1 is 1.43 bits per heavy atom. The highest BCUT2D eigenvalue weighted by atomic mass is 15.3. The fraction of sp³-hybridized carbons (Fsp3) is 0.545. The molecule has 3 heteroatoms. The highest BCUT2D eigenvalue weighted by Crippen LogP contribution is 2.11. The summed E-state index contributed by atoms with van der Waals surface area (Å²) in [5.74, 6) is 5.90. The lowest BCUT2D eigenvalue weighted by Gasteiger charge is -2.00. The summed E-state index contributed by atoms with van der Waals surface area (Å²) in [6, 6.07) is 0. The second-order valence-corrected chi connectivity index (χ2v) is 3.26. The van der Waals surface area contributed by atoms with Crippen LogP contribution in [0.1, 0.15) is 23.9 Å². The molecule has 0 bridgehead atoms. The summed E-state index contributed by atoms with van der Waals surface area (Å²) in [4.78, 5) is 0. The van der Waals surface area contributed by atoms with Crippen molar-refractivity contribution in [2.45, 2.75) is 33.9 Å². The van der Waals surface area contributed by atoms with Crippen LogP contribution in [0.25, 0.3) is 0 Å². The molecule has 0 saturated carbocycles. The summed E-state index contributed by atoms with van der Waals surface area (Å²) in [6.07, 6.45) is 0. The standard InChI is InChI=1S/C11H17N3/c1-5-6-7-14-10(3)11(8-12-4)9(2)13-14/h12H,7-8H2,1-4H3. The van der Waals surface area contributed by atoms with E-state index in [0.29, 0.717) is 6.54 Å². The topological polar surface area (TPSA) is 29.9 Å². The van der Waals surface area contributed by atoms with Crippen molar-refractivity contribution < 1.29 is 0 Å². The van der Waals surface area contributed by atoms with Gasteiger partial charge in [-0.2, -0.15) is 5.10 Å². The van der Waals surface area contributed by atoms with Crippen LogP contribution in [0.4, 0.5) is 0 Å². The van der Waals surface area contributed by atoms with Crippen molar-refractivity contribution in [1.29, 1.82) is 0 Å². The van der Waals surface area contributed by atoms with Gasteiger partial charge in [-0.1, -0.05) is 5.92 Å². The normalized spacial score (nSPS) is 9.71. The van der Waals surface area contributed by atoms with Gasteiger partial charge in [-0.25, -0.2) is 0 Å². The Morgan fingerprint density at radius 3 is 2.71 bits per heavy atom. The molecular weight excluding hydrogens is 174 g/mol. The molecule has 0 aromatic carbocycles. The van der Waals surface area contributed by atoms with Crippen LogP contribution in [0.3, 0.4) is 0 Å². The summed E-state index contributed by atoms with van der Waals surface area (Å²) < 4.78 is 1.96. The lowest BCUT2D eigenvalue weighted by molar-refractivity contribution is 0.681. The maximum absolute atomic E-state index is 4.44. The number of aryl methyl sites for hydroxylation is 1. The first-order valence-corrected chi connectivity index (χ1v) is 4.77. The summed E-state index contributed by atoms with van der Waals surface area (Å²) in [5, 5.41) is 7.59. The van der Waals surface area contributed by atoms with E-state index in [-0.39, 0.29) is 0 Å². The molecule has 0 fully saturated rings. The average Bonchev–Trinajstić information content (AvgIpc) is 2.43. The van der Waals surface area contributed by atoms with Crippen molar-refractivity contribution in [3.8, 4) is 11.8 Å². The number of nitrogens with one attached hydrogen (secondary N) is 1. The number of aromatic nitrogens is 2. The minimum absolute atomic E-state index is 0.687. The van der Waals surface area contributed by atoms with E-state index in [4.69, 9.17) is 0 Å². The van der Waals surface area contributed by atoms with Crippen LogP contribution in [0, 0.1) is 25.7 Å². The molecular formula is C11H17N3. The Bertz CT molecular complexity index is 366. The lowest BCUT2D eigenvalue weighted by atomic mass is 10.2. The van der Waals surface area contributed by atoms with Gasteiger partial charge < -0.3 is 5.32 Å². The smallest absolute Gasteiger partial charge is 0.102 e. The van der Waals surface area contributed by atoms with Crippen LogP contribution in [0.15, 0.2) is 0 Å². The molecule has 0 atom stereocenters. The van der Waals surface area contributed by atoms with Crippen molar-refractivity contribution in [3.63, 3.8) is 0 Å². The van der Waals surface area contributed by atoms with Crippen LogP contribution in [0.5, 0.6) is 0 Å². The van der Waals surface area contributed by atoms with Gasteiger partial charge in [0.05, 0.1) is 5.69 Å². The van der Waals surface area contributed by atoms with Gasteiger partial charge in [0.1, 0.15) is 6.54 Å². The van der Waals surface area contributed by atoms with Gasteiger partial charge >= 0.3 is 0 Å². The minimum atomic E-state index is 0.687. The van der Waals surface area contributed by atoms with Gasteiger partial charge in [0.25, 0.3) is 0 Å². The molecule has 1 rings (SSSR count). The van der Waals surface area contributed by atoms with Gasteiger partial charge in [0, 0.05) is 17.8 Å². The Morgan fingerprint density at radius 2 is 2.14 bits per heavy atom. The first-order chi connectivity index (χ1) is 6.70. The second-order valence-electron chi connectivity index (χ2n) is 3.26. The van der Waals surface area contributed by atoms with Crippen molar-refractivity contribution in [2.24, 2.45) is 0 Å². The largest absolute Gasteiger partial charge is 0.316 e. The van der Waals surface area contributed by atoms with Gasteiger partial charge in [-0.3, -0.25) is 4.68 Å². The Hall–Kier alpha value is -1.27. The number of nitrogens with zero attached hydrogens (tertiary/aromatic N) is 2. The maximum Gasteiger partial charge on any atom is 0.102 e. The Labute approximate surface area is 85.5 Å². The molecule has 1 heterocycles.